The number of amides is 1. The van der Waals surface area contributed by atoms with Crippen molar-refractivity contribution in [2.75, 3.05) is 20.1 Å². The van der Waals surface area contributed by atoms with Gasteiger partial charge >= 0.3 is 0 Å². The van der Waals surface area contributed by atoms with Crippen LogP contribution in [0.4, 0.5) is 0 Å². The van der Waals surface area contributed by atoms with E-state index in [0.29, 0.717) is 25.6 Å². The van der Waals surface area contributed by atoms with Crippen LogP contribution in [0.3, 0.4) is 0 Å². The molecule has 2 N–H and O–H groups in total. The number of nitrogens with one attached hydrogen (secondary N) is 2. The average Bonchev–Trinajstić information content (AvgIpc) is 3.14. The zero-order valence-corrected chi connectivity index (χ0v) is 17.7. The summed E-state index contributed by atoms with van der Waals surface area (Å²) in [5.74, 6) is 0.688. The SMILES string of the molecule is CCN(Cc1ccccc1)C(=O)CNC(=NC)NCc1cccs1.I. The number of carbonyl (C=O) groups is 1. The highest BCUT2D eigenvalue weighted by molar-refractivity contribution is 14.0. The molecule has 0 unspecified atom stereocenters. The molecule has 25 heavy (non-hydrogen) atoms. The van der Waals surface area contributed by atoms with Crippen LogP contribution in [0.1, 0.15) is 17.4 Å². The zero-order chi connectivity index (χ0) is 17.2. The van der Waals surface area contributed by atoms with Crippen LogP contribution in [0.25, 0.3) is 0 Å². The van der Waals surface area contributed by atoms with E-state index in [-0.39, 0.29) is 36.4 Å². The summed E-state index contributed by atoms with van der Waals surface area (Å²) in [4.78, 5) is 19.6. The summed E-state index contributed by atoms with van der Waals surface area (Å²) in [5.41, 5.74) is 1.13. The highest BCUT2D eigenvalue weighted by atomic mass is 127. The topological polar surface area (TPSA) is 56.7 Å². The molecule has 2 aromatic rings. The van der Waals surface area contributed by atoms with Crippen molar-refractivity contribution in [2.24, 2.45) is 4.99 Å². The monoisotopic (exact) mass is 472 g/mol. The second-order valence-corrected chi connectivity index (χ2v) is 6.28. The van der Waals surface area contributed by atoms with Crippen LogP contribution in [-0.4, -0.2) is 36.9 Å². The van der Waals surface area contributed by atoms with Crippen molar-refractivity contribution in [3.05, 3.63) is 58.3 Å². The largest absolute Gasteiger partial charge is 0.352 e. The minimum Gasteiger partial charge on any atom is -0.352 e. The summed E-state index contributed by atoms with van der Waals surface area (Å²) < 4.78 is 0. The van der Waals surface area contributed by atoms with Gasteiger partial charge in [-0.2, -0.15) is 0 Å². The van der Waals surface area contributed by atoms with E-state index < -0.39 is 0 Å². The van der Waals surface area contributed by atoms with Crippen LogP contribution in [0.2, 0.25) is 0 Å². The van der Waals surface area contributed by atoms with Crippen LogP contribution in [-0.2, 0) is 17.9 Å². The third-order valence-corrected chi connectivity index (χ3v) is 4.47. The molecule has 0 atom stereocenters. The first-order chi connectivity index (χ1) is 11.7. The maximum Gasteiger partial charge on any atom is 0.242 e. The van der Waals surface area contributed by atoms with E-state index in [1.807, 2.05) is 53.6 Å². The molecule has 5 nitrogen and oxygen atoms in total. The van der Waals surface area contributed by atoms with Gasteiger partial charge < -0.3 is 15.5 Å². The molecule has 0 aliphatic rings. The summed E-state index contributed by atoms with van der Waals surface area (Å²) in [6, 6.07) is 14.1. The molecule has 0 aliphatic heterocycles. The van der Waals surface area contributed by atoms with E-state index in [9.17, 15) is 4.79 Å². The Kier molecular flexibility index (Phi) is 10.2. The van der Waals surface area contributed by atoms with Crippen LogP contribution >= 0.6 is 35.3 Å². The van der Waals surface area contributed by atoms with Crippen molar-refractivity contribution in [3.8, 4) is 0 Å². The molecule has 136 valence electrons. The zero-order valence-electron chi connectivity index (χ0n) is 14.6. The Hall–Kier alpha value is -1.61. The van der Waals surface area contributed by atoms with E-state index in [4.69, 9.17) is 0 Å². The summed E-state index contributed by atoms with van der Waals surface area (Å²) in [6.07, 6.45) is 0. The number of hydrogen-bond donors (Lipinski definition) is 2. The fraction of sp³-hybridized carbons (Fsp3) is 0.333. The summed E-state index contributed by atoms with van der Waals surface area (Å²) in [5, 5.41) is 8.34. The van der Waals surface area contributed by atoms with Gasteiger partial charge in [0.25, 0.3) is 0 Å². The number of guanidine groups is 1. The van der Waals surface area contributed by atoms with Crippen LogP contribution in [0.15, 0.2) is 52.8 Å². The van der Waals surface area contributed by atoms with E-state index in [1.54, 1.807) is 18.4 Å². The fourth-order valence-corrected chi connectivity index (χ4v) is 2.90. The third-order valence-electron chi connectivity index (χ3n) is 3.59. The first kappa shape index (κ1) is 21.4. The van der Waals surface area contributed by atoms with Gasteiger partial charge in [0.1, 0.15) is 0 Å². The normalized spacial score (nSPS) is 10.7. The van der Waals surface area contributed by atoms with Gasteiger partial charge in [-0.25, -0.2) is 0 Å². The second-order valence-electron chi connectivity index (χ2n) is 5.25. The Morgan fingerprint density at radius 2 is 1.92 bits per heavy atom. The summed E-state index contributed by atoms with van der Waals surface area (Å²) in [7, 11) is 1.70. The number of benzene rings is 1. The standard InChI is InChI=1S/C18H24N4OS.HI/c1-3-22(14-15-8-5-4-6-9-15)17(23)13-21-18(19-2)20-12-16-10-7-11-24-16;/h4-11H,3,12-14H2,1-2H3,(H2,19,20,21);1H. The molecule has 1 amide bonds. The maximum atomic E-state index is 12.4. The number of rotatable bonds is 7. The van der Waals surface area contributed by atoms with E-state index in [2.05, 4.69) is 21.7 Å². The van der Waals surface area contributed by atoms with Crippen molar-refractivity contribution >= 4 is 47.2 Å². The van der Waals surface area contributed by atoms with Crippen molar-refractivity contribution in [2.45, 2.75) is 20.0 Å². The number of thiophene rings is 1. The van der Waals surface area contributed by atoms with Gasteiger partial charge in [-0.15, -0.1) is 35.3 Å². The minimum atomic E-state index is 0. The summed E-state index contributed by atoms with van der Waals surface area (Å²) >= 11 is 1.69. The molecule has 0 fully saturated rings. The molecule has 0 aliphatic carbocycles. The lowest BCUT2D eigenvalue weighted by Crippen LogP contribution is -2.44. The molecule has 0 spiro atoms. The Bertz CT molecular complexity index is 646. The first-order valence-electron chi connectivity index (χ1n) is 8.01. The second kappa shape index (κ2) is 11.9. The van der Waals surface area contributed by atoms with Crippen molar-refractivity contribution in [1.82, 2.24) is 15.5 Å². The Morgan fingerprint density at radius 1 is 1.16 bits per heavy atom. The van der Waals surface area contributed by atoms with Crippen LogP contribution in [0.5, 0.6) is 0 Å². The Labute approximate surface area is 170 Å². The number of carbonyl (C=O) groups excluding carboxylic acids is 1. The molecule has 1 aromatic heterocycles. The average molecular weight is 472 g/mol. The van der Waals surface area contributed by atoms with Gasteiger partial charge in [0.15, 0.2) is 5.96 Å². The Morgan fingerprint density at radius 3 is 2.52 bits per heavy atom. The molecule has 0 saturated carbocycles. The van der Waals surface area contributed by atoms with E-state index >= 15 is 0 Å². The van der Waals surface area contributed by atoms with Gasteiger partial charge in [0.2, 0.25) is 5.91 Å². The first-order valence-corrected chi connectivity index (χ1v) is 8.89. The maximum absolute atomic E-state index is 12.4. The molecular weight excluding hydrogens is 447 g/mol. The lowest BCUT2D eigenvalue weighted by Gasteiger charge is -2.22. The van der Waals surface area contributed by atoms with Gasteiger partial charge in [-0.1, -0.05) is 36.4 Å². The highest BCUT2D eigenvalue weighted by Gasteiger charge is 2.12. The number of halogens is 1. The molecule has 0 bridgehead atoms. The smallest absolute Gasteiger partial charge is 0.242 e. The van der Waals surface area contributed by atoms with Crippen molar-refractivity contribution in [1.29, 1.82) is 0 Å². The molecule has 0 radical (unpaired) electrons. The third kappa shape index (κ3) is 7.43. The molecular formula is C18H25IN4OS. The predicted molar refractivity (Wildman–Crippen MR) is 115 cm³/mol. The van der Waals surface area contributed by atoms with Gasteiger partial charge in [-0.05, 0) is 23.9 Å². The predicted octanol–water partition coefficient (Wildman–Crippen LogP) is 3.08. The number of nitrogens with zero attached hydrogens (tertiary/aromatic N) is 2. The molecule has 1 aromatic carbocycles. The van der Waals surface area contributed by atoms with E-state index in [1.165, 1.54) is 4.88 Å². The number of aliphatic imine (C=N–C) groups is 1. The lowest BCUT2D eigenvalue weighted by molar-refractivity contribution is -0.130. The molecule has 1 heterocycles. The van der Waals surface area contributed by atoms with E-state index in [0.717, 1.165) is 5.56 Å². The van der Waals surface area contributed by atoms with Crippen LogP contribution in [0, 0.1) is 0 Å². The van der Waals surface area contributed by atoms with Gasteiger partial charge in [0, 0.05) is 25.0 Å². The van der Waals surface area contributed by atoms with Gasteiger partial charge in [-0.3, -0.25) is 9.79 Å². The lowest BCUT2D eigenvalue weighted by atomic mass is 10.2. The van der Waals surface area contributed by atoms with Crippen molar-refractivity contribution < 1.29 is 4.79 Å². The molecule has 7 heteroatoms. The quantitative estimate of drug-likeness (QED) is 0.370. The summed E-state index contributed by atoms with van der Waals surface area (Å²) in [6.45, 7) is 4.22. The van der Waals surface area contributed by atoms with Gasteiger partial charge in [0.05, 0.1) is 13.1 Å². The van der Waals surface area contributed by atoms with Crippen LogP contribution < -0.4 is 10.6 Å². The Balaban J connectivity index is 0.00000312. The van der Waals surface area contributed by atoms with Crippen molar-refractivity contribution in [3.63, 3.8) is 0 Å². The fourth-order valence-electron chi connectivity index (χ4n) is 2.26. The number of hydrogen-bond acceptors (Lipinski definition) is 3. The minimum absolute atomic E-state index is 0. The molecule has 2 rings (SSSR count). The highest BCUT2D eigenvalue weighted by Crippen LogP contribution is 2.07. The molecule has 0 saturated heterocycles. The number of likely N-dealkylation sites (N-methyl/N-ethyl adjacent to an activating group) is 1.